The number of amides is 1. The smallest absolute Gasteiger partial charge is 0.255 e. The zero-order valence-electron chi connectivity index (χ0n) is 14.9. The summed E-state index contributed by atoms with van der Waals surface area (Å²) in [4.78, 5) is 18.0. The Morgan fingerprint density at radius 1 is 0.929 bits per heavy atom. The molecule has 1 aromatic heterocycles. The molecular formula is C23H17ClN2OS. The Balaban J connectivity index is 1.41. The highest BCUT2D eigenvalue weighted by atomic mass is 35.5. The van der Waals surface area contributed by atoms with E-state index >= 15 is 0 Å². The van der Waals surface area contributed by atoms with E-state index in [0.29, 0.717) is 10.6 Å². The fourth-order valence-corrected chi connectivity index (χ4v) is 3.97. The summed E-state index contributed by atoms with van der Waals surface area (Å²) in [5.41, 5.74) is 3.52. The van der Waals surface area contributed by atoms with Crippen LogP contribution < -0.4 is 5.32 Å². The van der Waals surface area contributed by atoms with Crippen LogP contribution >= 0.6 is 23.4 Å². The minimum atomic E-state index is -0.139. The third kappa shape index (κ3) is 4.35. The molecule has 4 rings (SSSR count). The number of hydrogen-bond donors (Lipinski definition) is 1. The van der Waals surface area contributed by atoms with Gasteiger partial charge in [0.25, 0.3) is 5.91 Å². The third-order valence-electron chi connectivity index (χ3n) is 4.31. The number of para-hydroxylation sites is 1. The van der Waals surface area contributed by atoms with Gasteiger partial charge in [0.1, 0.15) is 0 Å². The summed E-state index contributed by atoms with van der Waals surface area (Å²) in [7, 11) is 0. The van der Waals surface area contributed by atoms with Crippen molar-refractivity contribution in [3.05, 3.63) is 101 Å². The summed E-state index contributed by atoms with van der Waals surface area (Å²) in [5, 5.41) is 4.65. The summed E-state index contributed by atoms with van der Waals surface area (Å²) in [6.07, 6.45) is 1.82. The average Bonchev–Trinajstić information content (AvgIpc) is 2.74. The highest BCUT2D eigenvalue weighted by molar-refractivity contribution is 7.98. The average molecular weight is 405 g/mol. The molecule has 1 heterocycles. The van der Waals surface area contributed by atoms with Gasteiger partial charge >= 0.3 is 0 Å². The Morgan fingerprint density at radius 2 is 1.68 bits per heavy atom. The van der Waals surface area contributed by atoms with Crippen LogP contribution in [0.4, 0.5) is 5.69 Å². The number of carbonyl (C=O) groups excluding carboxylic acids is 1. The molecule has 28 heavy (non-hydrogen) atoms. The minimum absolute atomic E-state index is 0.139. The van der Waals surface area contributed by atoms with Crippen LogP contribution in [-0.4, -0.2) is 10.9 Å². The van der Waals surface area contributed by atoms with Crippen molar-refractivity contribution in [2.24, 2.45) is 0 Å². The molecule has 3 nitrogen and oxygen atoms in total. The lowest BCUT2D eigenvalue weighted by Crippen LogP contribution is -2.11. The van der Waals surface area contributed by atoms with Crippen molar-refractivity contribution < 1.29 is 4.79 Å². The lowest BCUT2D eigenvalue weighted by atomic mass is 10.1. The van der Waals surface area contributed by atoms with Crippen LogP contribution in [-0.2, 0) is 5.75 Å². The van der Waals surface area contributed by atoms with Crippen molar-refractivity contribution in [3.8, 4) is 0 Å². The SMILES string of the molecule is O=C(Nc1ccc(Cl)cc1)c1ccc(CSc2cccc3cccnc23)cc1. The van der Waals surface area contributed by atoms with Crippen LogP contribution in [0.15, 0.2) is 90.0 Å². The van der Waals surface area contributed by atoms with Gasteiger partial charge in [-0.15, -0.1) is 11.8 Å². The van der Waals surface area contributed by atoms with Crippen LogP contribution in [0.25, 0.3) is 10.9 Å². The first kappa shape index (κ1) is 18.5. The van der Waals surface area contributed by atoms with E-state index in [1.54, 1.807) is 36.0 Å². The Kier molecular flexibility index (Phi) is 5.60. The largest absolute Gasteiger partial charge is 0.322 e. The van der Waals surface area contributed by atoms with Crippen LogP contribution in [0.3, 0.4) is 0 Å². The molecule has 0 radical (unpaired) electrons. The van der Waals surface area contributed by atoms with Crippen molar-refractivity contribution >= 4 is 45.9 Å². The van der Waals surface area contributed by atoms with Crippen LogP contribution in [0, 0.1) is 0 Å². The first-order valence-electron chi connectivity index (χ1n) is 8.81. The van der Waals surface area contributed by atoms with E-state index in [9.17, 15) is 4.79 Å². The quantitative estimate of drug-likeness (QED) is 0.389. The molecule has 0 aliphatic heterocycles. The maximum atomic E-state index is 12.4. The van der Waals surface area contributed by atoms with Crippen molar-refractivity contribution in [1.29, 1.82) is 0 Å². The molecule has 0 fully saturated rings. The van der Waals surface area contributed by atoms with Gasteiger partial charge in [-0.3, -0.25) is 9.78 Å². The second kappa shape index (κ2) is 8.46. The second-order valence-electron chi connectivity index (χ2n) is 6.28. The molecule has 0 spiro atoms. The number of nitrogens with zero attached hydrogens (tertiary/aromatic N) is 1. The molecule has 1 amide bonds. The minimum Gasteiger partial charge on any atom is -0.322 e. The fraction of sp³-hybridized carbons (Fsp3) is 0.0435. The Hall–Kier alpha value is -2.82. The van der Waals surface area contributed by atoms with E-state index in [2.05, 4.69) is 34.6 Å². The first-order valence-corrected chi connectivity index (χ1v) is 10.2. The molecule has 0 atom stereocenters. The number of carbonyl (C=O) groups is 1. The molecule has 0 aliphatic rings. The van der Waals surface area contributed by atoms with E-state index in [-0.39, 0.29) is 5.91 Å². The van der Waals surface area contributed by atoms with Gasteiger partial charge in [0.05, 0.1) is 5.52 Å². The highest BCUT2D eigenvalue weighted by Crippen LogP contribution is 2.29. The molecule has 4 aromatic rings. The summed E-state index contributed by atoms with van der Waals surface area (Å²) < 4.78 is 0. The standard InChI is InChI=1S/C23H17ClN2OS/c24-19-10-12-20(13-11-19)26-23(27)18-8-6-16(7-9-18)15-28-21-5-1-3-17-4-2-14-25-22(17)21/h1-14H,15H2,(H,26,27). The molecule has 3 aromatic carbocycles. The number of anilines is 1. The van der Waals surface area contributed by atoms with Gasteiger partial charge in [-0.05, 0) is 54.1 Å². The van der Waals surface area contributed by atoms with Crippen molar-refractivity contribution in [2.75, 3.05) is 5.32 Å². The number of aromatic nitrogens is 1. The molecule has 1 N–H and O–H groups in total. The lowest BCUT2D eigenvalue weighted by Gasteiger charge is -2.08. The molecule has 0 saturated carbocycles. The first-order chi connectivity index (χ1) is 13.7. The highest BCUT2D eigenvalue weighted by Gasteiger charge is 2.07. The van der Waals surface area contributed by atoms with E-state index in [0.717, 1.165) is 32.8 Å². The summed E-state index contributed by atoms with van der Waals surface area (Å²) in [6, 6.07) is 25.0. The molecular weight excluding hydrogens is 388 g/mol. The summed E-state index contributed by atoms with van der Waals surface area (Å²) in [6.45, 7) is 0. The molecule has 138 valence electrons. The van der Waals surface area contributed by atoms with Gasteiger partial charge in [0.15, 0.2) is 0 Å². The predicted molar refractivity (Wildman–Crippen MR) is 117 cm³/mol. The summed E-state index contributed by atoms with van der Waals surface area (Å²) in [5.74, 6) is 0.675. The van der Waals surface area contributed by atoms with Crippen LogP contribution in [0.2, 0.25) is 5.02 Å². The van der Waals surface area contributed by atoms with E-state index in [4.69, 9.17) is 11.6 Å². The van der Waals surface area contributed by atoms with Gasteiger partial charge in [-0.1, -0.05) is 41.9 Å². The van der Waals surface area contributed by atoms with Crippen molar-refractivity contribution in [2.45, 2.75) is 10.6 Å². The van der Waals surface area contributed by atoms with Crippen LogP contribution in [0.1, 0.15) is 15.9 Å². The Morgan fingerprint density at radius 3 is 2.46 bits per heavy atom. The number of rotatable bonds is 5. The van der Waals surface area contributed by atoms with Gasteiger partial charge < -0.3 is 5.32 Å². The fourth-order valence-electron chi connectivity index (χ4n) is 2.84. The third-order valence-corrected chi connectivity index (χ3v) is 5.68. The Bertz CT molecular complexity index is 1110. The van der Waals surface area contributed by atoms with Gasteiger partial charge in [0.2, 0.25) is 0 Å². The Labute approximate surface area is 172 Å². The number of hydrogen-bond acceptors (Lipinski definition) is 3. The number of halogens is 1. The monoisotopic (exact) mass is 404 g/mol. The van der Waals surface area contributed by atoms with Gasteiger partial charge in [0, 0.05) is 38.5 Å². The molecule has 0 saturated heterocycles. The number of fused-ring (bicyclic) bond motifs is 1. The predicted octanol–water partition coefficient (Wildman–Crippen LogP) is 6.43. The van der Waals surface area contributed by atoms with Gasteiger partial charge in [-0.2, -0.15) is 0 Å². The zero-order chi connectivity index (χ0) is 19.3. The topological polar surface area (TPSA) is 42.0 Å². The number of benzene rings is 3. The normalized spacial score (nSPS) is 10.8. The number of thioether (sulfide) groups is 1. The van der Waals surface area contributed by atoms with E-state index in [1.165, 1.54) is 0 Å². The maximum absolute atomic E-state index is 12.4. The van der Waals surface area contributed by atoms with Crippen LogP contribution in [0.5, 0.6) is 0 Å². The lowest BCUT2D eigenvalue weighted by molar-refractivity contribution is 0.102. The number of pyridine rings is 1. The van der Waals surface area contributed by atoms with Crippen molar-refractivity contribution in [3.63, 3.8) is 0 Å². The number of nitrogens with one attached hydrogen (secondary N) is 1. The van der Waals surface area contributed by atoms with E-state index in [1.807, 2.05) is 36.5 Å². The van der Waals surface area contributed by atoms with Gasteiger partial charge in [-0.25, -0.2) is 0 Å². The zero-order valence-corrected chi connectivity index (χ0v) is 16.5. The molecule has 0 bridgehead atoms. The molecule has 0 unspecified atom stereocenters. The van der Waals surface area contributed by atoms with E-state index < -0.39 is 0 Å². The molecule has 5 heteroatoms. The maximum Gasteiger partial charge on any atom is 0.255 e. The molecule has 0 aliphatic carbocycles. The van der Waals surface area contributed by atoms with Crippen molar-refractivity contribution in [1.82, 2.24) is 4.98 Å². The second-order valence-corrected chi connectivity index (χ2v) is 7.73. The summed E-state index contributed by atoms with van der Waals surface area (Å²) >= 11 is 7.62.